The van der Waals surface area contributed by atoms with Gasteiger partial charge in [0.15, 0.2) is 0 Å². The number of ether oxygens (including phenoxy) is 1. The highest BCUT2D eigenvalue weighted by atomic mass is 16.5. The lowest BCUT2D eigenvalue weighted by molar-refractivity contribution is -0.132. The van der Waals surface area contributed by atoms with Gasteiger partial charge in [0.05, 0.1) is 0 Å². The first kappa shape index (κ1) is 10.2. The number of methoxy groups -OCH3 is 1. The number of nitrogens with zero attached hydrogens (tertiary/aromatic N) is 1. The Bertz CT molecular complexity index is 143. The second kappa shape index (κ2) is 4.91. The van der Waals surface area contributed by atoms with Gasteiger partial charge in [0, 0.05) is 13.2 Å². The minimum atomic E-state index is -0.0955. The minimum Gasteiger partial charge on any atom is -0.364 e. The molecule has 0 bridgehead atoms. The van der Waals surface area contributed by atoms with Gasteiger partial charge in [0.25, 0.3) is 0 Å². The third kappa shape index (κ3) is 3.18. The molecule has 0 aliphatic heterocycles. The Balaban J connectivity index is 4.08. The average Bonchev–Trinajstić information content (AvgIpc) is 1.98. The molecule has 0 rings (SSSR count). The van der Waals surface area contributed by atoms with Crippen LogP contribution in [0.1, 0.15) is 13.8 Å². The van der Waals surface area contributed by atoms with E-state index >= 15 is 0 Å². The number of carbonyl (C=O) groups is 1. The van der Waals surface area contributed by atoms with Crippen LogP contribution in [0.25, 0.3) is 0 Å². The van der Waals surface area contributed by atoms with Crippen LogP contribution in [-0.2, 0) is 9.53 Å². The summed E-state index contributed by atoms with van der Waals surface area (Å²) in [6.07, 6.45) is 1.29. The van der Waals surface area contributed by atoms with Gasteiger partial charge in [-0.15, -0.1) is 0 Å². The number of rotatable bonds is 4. The fraction of sp³-hybridized carbons (Fsp3) is 0.625. The predicted octanol–water partition coefficient (Wildman–Crippen LogP) is 1.01. The molecule has 0 radical (unpaired) electrons. The molecule has 0 N–H and O–H groups in total. The molecule has 0 aromatic rings. The van der Waals surface area contributed by atoms with Gasteiger partial charge in [-0.3, -0.25) is 4.79 Å². The van der Waals surface area contributed by atoms with Crippen LogP contribution in [0, 0.1) is 0 Å². The van der Waals surface area contributed by atoms with Gasteiger partial charge >= 0.3 is 0 Å². The summed E-state index contributed by atoms with van der Waals surface area (Å²) in [6.45, 7) is 7.58. The summed E-state index contributed by atoms with van der Waals surface area (Å²) >= 11 is 0. The maximum absolute atomic E-state index is 11.1. The standard InChI is InChI=1S/C8H15NO2/c1-5-8(10)9(6-11-4)7(2)3/h5,7H,1,6H2,2-4H3. The molecule has 0 aliphatic rings. The number of carbonyl (C=O) groups excluding carboxylic acids is 1. The van der Waals surface area contributed by atoms with Crippen LogP contribution in [0.5, 0.6) is 0 Å². The average molecular weight is 157 g/mol. The van der Waals surface area contributed by atoms with Crippen molar-refractivity contribution in [3.63, 3.8) is 0 Å². The molecule has 0 aromatic heterocycles. The van der Waals surface area contributed by atoms with E-state index in [1.165, 1.54) is 6.08 Å². The molecule has 0 saturated carbocycles. The van der Waals surface area contributed by atoms with Crippen molar-refractivity contribution < 1.29 is 9.53 Å². The minimum absolute atomic E-state index is 0.0955. The number of hydrogen-bond donors (Lipinski definition) is 0. The summed E-state index contributed by atoms with van der Waals surface area (Å²) in [5.74, 6) is -0.0955. The highest BCUT2D eigenvalue weighted by Gasteiger charge is 2.12. The summed E-state index contributed by atoms with van der Waals surface area (Å²) in [4.78, 5) is 12.7. The molecule has 0 atom stereocenters. The summed E-state index contributed by atoms with van der Waals surface area (Å²) < 4.78 is 4.85. The largest absolute Gasteiger partial charge is 0.364 e. The summed E-state index contributed by atoms with van der Waals surface area (Å²) in [5.41, 5.74) is 0. The first-order valence-corrected chi connectivity index (χ1v) is 3.55. The van der Waals surface area contributed by atoms with Gasteiger partial charge in [-0.2, -0.15) is 0 Å². The molecule has 1 amide bonds. The summed E-state index contributed by atoms with van der Waals surface area (Å²) in [6, 6.07) is 0.153. The molecule has 3 nitrogen and oxygen atoms in total. The Labute approximate surface area is 67.6 Å². The molecule has 0 fully saturated rings. The van der Waals surface area contributed by atoms with Crippen molar-refractivity contribution in [3.05, 3.63) is 12.7 Å². The van der Waals surface area contributed by atoms with Crippen molar-refractivity contribution in [1.82, 2.24) is 4.90 Å². The molecule has 11 heavy (non-hydrogen) atoms. The Morgan fingerprint density at radius 3 is 2.55 bits per heavy atom. The molecule has 0 heterocycles. The van der Waals surface area contributed by atoms with Gasteiger partial charge in [0.2, 0.25) is 5.91 Å². The van der Waals surface area contributed by atoms with E-state index in [0.717, 1.165) is 0 Å². The smallest absolute Gasteiger partial charge is 0.248 e. The topological polar surface area (TPSA) is 29.5 Å². The van der Waals surface area contributed by atoms with E-state index in [1.807, 2.05) is 13.8 Å². The van der Waals surface area contributed by atoms with Crippen molar-refractivity contribution in [2.24, 2.45) is 0 Å². The summed E-state index contributed by atoms with van der Waals surface area (Å²) in [7, 11) is 1.56. The third-order valence-electron chi connectivity index (χ3n) is 1.35. The monoisotopic (exact) mass is 157 g/mol. The highest BCUT2D eigenvalue weighted by molar-refractivity contribution is 5.87. The highest BCUT2D eigenvalue weighted by Crippen LogP contribution is 1.98. The van der Waals surface area contributed by atoms with E-state index in [1.54, 1.807) is 12.0 Å². The fourth-order valence-electron chi connectivity index (χ4n) is 0.724. The lowest BCUT2D eigenvalue weighted by atomic mass is 10.3. The van der Waals surface area contributed by atoms with E-state index in [9.17, 15) is 4.79 Å². The Hall–Kier alpha value is -0.830. The first-order valence-electron chi connectivity index (χ1n) is 3.55. The van der Waals surface area contributed by atoms with Gasteiger partial charge in [-0.1, -0.05) is 6.58 Å². The molecule has 3 heteroatoms. The molecule has 0 saturated heterocycles. The molecule has 64 valence electrons. The molecular formula is C8H15NO2. The molecular weight excluding hydrogens is 142 g/mol. The van der Waals surface area contributed by atoms with Crippen LogP contribution in [0.3, 0.4) is 0 Å². The molecule has 0 aliphatic carbocycles. The zero-order valence-electron chi connectivity index (χ0n) is 7.33. The number of amides is 1. The van der Waals surface area contributed by atoms with Crippen molar-refractivity contribution in [1.29, 1.82) is 0 Å². The number of hydrogen-bond acceptors (Lipinski definition) is 2. The fourth-order valence-corrected chi connectivity index (χ4v) is 0.724. The second-order valence-corrected chi connectivity index (χ2v) is 2.52. The second-order valence-electron chi connectivity index (χ2n) is 2.52. The van der Waals surface area contributed by atoms with Crippen LogP contribution >= 0.6 is 0 Å². The van der Waals surface area contributed by atoms with E-state index in [0.29, 0.717) is 6.73 Å². The van der Waals surface area contributed by atoms with Crippen molar-refractivity contribution in [2.75, 3.05) is 13.8 Å². The predicted molar refractivity (Wildman–Crippen MR) is 44.1 cm³/mol. The maximum Gasteiger partial charge on any atom is 0.248 e. The Morgan fingerprint density at radius 2 is 2.27 bits per heavy atom. The van der Waals surface area contributed by atoms with Crippen molar-refractivity contribution >= 4 is 5.91 Å². The maximum atomic E-state index is 11.1. The lowest BCUT2D eigenvalue weighted by Gasteiger charge is -2.23. The van der Waals surface area contributed by atoms with E-state index < -0.39 is 0 Å². The van der Waals surface area contributed by atoms with Gasteiger partial charge in [0.1, 0.15) is 6.73 Å². The third-order valence-corrected chi connectivity index (χ3v) is 1.35. The molecule has 0 unspecified atom stereocenters. The Kier molecular flexibility index (Phi) is 4.54. The Morgan fingerprint density at radius 1 is 1.73 bits per heavy atom. The van der Waals surface area contributed by atoms with E-state index in [2.05, 4.69) is 6.58 Å². The van der Waals surface area contributed by atoms with E-state index in [4.69, 9.17) is 4.74 Å². The normalized spacial score (nSPS) is 9.82. The summed E-state index contributed by atoms with van der Waals surface area (Å²) in [5, 5.41) is 0. The zero-order valence-corrected chi connectivity index (χ0v) is 7.33. The van der Waals surface area contributed by atoms with Gasteiger partial charge in [-0.25, -0.2) is 0 Å². The quantitative estimate of drug-likeness (QED) is 0.450. The van der Waals surface area contributed by atoms with Crippen LogP contribution < -0.4 is 0 Å². The molecule has 0 spiro atoms. The lowest BCUT2D eigenvalue weighted by Crippen LogP contribution is -2.37. The molecule has 0 aromatic carbocycles. The first-order chi connectivity index (χ1) is 5.13. The zero-order chi connectivity index (χ0) is 8.85. The van der Waals surface area contributed by atoms with Crippen molar-refractivity contribution in [3.8, 4) is 0 Å². The van der Waals surface area contributed by atoms with Gasteiger partial charge < -0.3 is 9.64 Å². The van der Waals surface area contributed by atoms with Crippen LogP contribution in [0.15, 0.2) is 12.7 Å². The van der Waals surface area contributed by atoms with Crippen molar-refractivity contribution in [2.45, 2.75) is 19.9 Å². The van der Waals surface area contributed by atoms with Crippen LogP contribution in [-0.4, -0.2) is 30.7 Å². The van der Waals surface area contributed by atoms with E-state index in [-0.39, 0.29) is 11.9 Å². The SMILES string of the molecule is C=CC(=O)N(COC)C(C)C. The van der Waals surface area contributed by atoms with Crippen LogP contribution in [0.4, 0.5) is 0 Å². The van der Waals surface area contributed by atoms with Gasteiger partial charge in [-0.05, 0) is 19.9 Å². The van der Waals surface area contributed by atoms with Crippen LogP contribution in [0.2, 0.25) is 0 Å².